The molecular weight excluding hydrogens is 522 g/mol. The van der Waals surface area contributed by atoms with Gasteiger partial charge in [0.2, 0.25) is 0 Å². The van der Waals surface area contributed by atoms with Crippen molar-refractivity contribution in [3.63, 3.8) is 0 Å². The van der Waals surface area contributed by atoms with Crippen molar-refractivity contribution in [3.05, 3.63) is 65.7 Å². The lowest BCUT2D eigenvalue weighted by atomic mass is 10.0. The Morgan fingerprint density at radius 3 is 2.12 bits per heavy atom. The largest absolute Gasteiger partial charge is 0.491 e. The van der Waals surface area contributed by atoms with Crippen molar-refractivity contribution in [2.24, 2.45) is 0 Å². The standard InChI is InChI=1S/C32H47NO6Si/c1-31(2,3)38-30(35)33-25(21-23-15-17-24(18-16-23)29(34)36-7)19-20-27(33)28(39-40(8,9)32(4,5)6)22-37-26-13-11-10-12-14-26/h10-18,25,27-28H,19-22H2,1-9H3/t25-,27+,28+/m0/s1. The van der Waals surface area contributed by atoms with Gasteiger partial charge in [-0.3, -0.25) is 4.90 Å². The van der Waals surface area contributed by atoms with Gasteiger partial charge in [-0.25, -0.2) is 9.59 Å². The molecule has 40 heavy (non-hydrogen) atoms. The van der Waals surface area contributed by atoms with Crippen LogP contribution in [0.25, 0.3) is 0 Å². The predicted molar refractivity (Wildman–Crippen MR) is 160 cm³/mol. The average Bonchev–Trinajstić information content (AvgIpc) is 3.29. The minimum atomic E-state index is -2.20. The fourth-order valence-electron chi connectivity index (χ4n) is 4.72. The summed E-state index contributed by atoms with van der Waals surface area (Å²) in [6.07, 6.45) is 1.58. The van der Waals surface area contributed by atoms with E-state index in [0.29, 0.717) is 18.6 Å². The van der Waals surface area contributed by atoms with E-state index in [1.807, 2.05) is 68.1 Å². The van der Waals surface area contributed by atoms with Crippen molar-refractivity contribution in [3.8, 4) is 5.75 Å². The molecule has 1 aliphatic heterocycles. The smallest absolute Gasteiger partial charge is 0.410 e. The van der Waals surface area contributed by atoms with Gasteiger partial charge in [0.1, 0.15) is 18.0 Å². The summed E-state index contributed by atoms with van der Waals surface area (Å²) in [5, 5.41) is -0.00582. The zero-order chi connectivity index (χ0) is 29.7. The number of benzene rings is 2. The summed E-state index contributed by atoms with van der Waals surface area (Å²) in [6, 6.07) is 16.8. The molecule has 0 unspecified atom stereocenters. The SMILES string of the molecule is COC(=O)c1ccc(C[C@@H]2CC[C@H]([C@@H](COc3ccccc3)O[Si](C)(C)C(C)(C)C)N2C(=O)OC(C)(C)C)cc1. The summed E-state index contributed by atoms with van der Waals surface area (Å²) in [7, 11) is -0.832. The Balaban J connectivity index is 1.92. The van der Waals surface area contributed by atoms with Crippen LogP contribution < -0.4 is 4.74 Å². The van der Waals surface area contributed by atoms with Crippen molar-refractivity contribution in [2.75, 3.05) is 13.7 Å². The number of methoxy groups -OCH3 is 1. The highest BCUT2D eigenvalue weighted by Crippen LogP contribution is 2.40. The summed E-state index contributed by atoms with van der Waals surface area (Å²) in [5.41, 5.74) is 0.905. The maximum Gasteiger partial charge on any atom is 0.410 e. The number of ether oxygens (including phenoxy) is 3. The quantitative estimate of drug-likeness (QED) is 0.234. The van der Waals surface area contributed by atoms with Gasteiger partial charge in [-0.2, -0.15) is 0 Å². The first-order valence-corrected chi connectivity index (χ1v) is 17.1. The van der Waals surface area contributed by atoms with E-state index in [2.05, 4.69) is 33.9 Å². The molecule has 8 heteroatoms. The van der Waals surface area contributed by atoms with Crippen LogP contribution in [0.4, 0.5) is 4.79 Å². The molecule has 3 atom stereocenters. The second-order valence-corrected chi connectivity index (χ2v) is 17.9. The predicted octanol–water partition coefficient (Wildman–Crippen LogP) is 7.25. The summed E-state index contributed by atoms with van der Waals surface area (Å²) in [6.45, 7) is 17.1. The molecule has 220 valence electrons. The van der Waals surface area contributed by atoms with Gasteiger partial charge in [-0.15, -0.1) is 0 Å². The van der Waals surface area contributed by atoms with E-state index in [9.17, 15) is 9.59 Å². The normalized spacial score (nSPS) is 18.8. The molecule has 0 bridgehead atoms. The average molecular weight is 570 g/mol. The summed E-state index contributed by atoms with van der Waals surface area (Å²) >= 11 is 0. The third kappa shape index (κ3) is 8.33. The van der Waals surface area contributed by atoms with E-state index in [0.717, 1.165) is 24.2 Å². The van der Waals surface area contributed by atoms with Gasteiger partial charge in [-0.05, 0) is 88.0 Å². The van der Waals surface area contributed by atoms with Gasteiger partial charge in [0.25, 0.3) is 0 Å². The van der Waals surface area contributed by atoms with Crippen LogP contribution in [0.3, 0.4) is 0 Å². The molecule has 7 nitrogen and oxygen atoms in total. The number of nitrogens with zero attached hydrogens (tertiary/aromatic N) is 1. The Morgan fingerprint density at radius 1 is 0.950 bits per heavy atom. The van der Waals surface area contributed by atoms with Crippen LogP contribution in [-0.2, 0) is 20.3 Å². The molecule has 3 rings (SSSR count). The van der Waals surface area contributed by atoms with E-state index >= 15 is 0 Å². The number of likely N-dealkylation sites (tertiary alicyclic amines) is 1. The topological polar surface area (TPSA) is 74.3 Å². The Bertz CT molecular complexity index is 1120. The molecule has 0 spiro atoms. The molecule has 2 aromatic rings. The molecular formula is C32H47NO6Si. The number of carbonyl (C=O) groups excluding carboxylic acids is 2. The van der Waals surface area contributed by atoms with E-state index in [4.69, 9.17) is 18.6 Å². The molecule has 0 N–H and O–H groups in total. The van der Waals surface area contributed by atoms with Crippen LogP contribution in [0.2, 0.25) is 18.1 Å². The molecule has 1 aliphatic rings. The molecule has 1 saturated heterocycles. The second-order valence-electron chi connectivity index (χ2n) is 13.1. The lowest BCUT2D eigenvalue weighted by molar-refractivity contribution is -0.00945. The van der Waals surface area contributed by atoms with E-state index in [1.54, 1.807) is 12.1 Å². The molecule has 1 fully saturated rings. The van der Waals surface area contributed by atoms with Crippen LogP contribution in [0, 0.1) is 0 Å². The third-order valence-electron chi connectivity index (χ3n) is 7.84. The molecule has 0 aliphatic carbocycles. The number of para-hydroxylation sites is 1. The highest BCUT2D eigenvalue weighted by molar-refractivity contribution is 6.74. The minimum absolute atomic E-state index is 0.00582. The van der Waals surface area contributed by atoms with Crippen LogP contribution >= 0.6 is 0 Å². The molecule has 2 aromatic carbocycles. The van der Waals surface area contributed by atoms with Gasteiger partial charge in [0.15, 0.2) is 8.32 Å². The Labute approximate surface area is 241 Å². The van der Waals surface area contributed by atoms with E-state index in [-0.39, 0.29) is 35.3 Å². The van der Waals surface area contributed by atoms with E-state index in [1.165, 1.54) is 7.11 Å². The fraction of sp³-hybridized carbons (Fsp3) is 0.562. The number of amides is 1. The maximum atomic E-state index is 13.8. The minimum Gasteiger partial charge on any atom is -0.491 e. The fourth-order valence-corrected chi connectivity index (χ4v) is 6.05. The summed E-state index contributed by atoms with van der Waals surface area (Å²) in [5.74, 6) is 0.405. The number of rotatable bonds is 9. The van der Waals surface area contributed by atoms with Crippen molar-refractivity contribution >= 4 is 20.4 Å². The second kappa shape index (κ2) is 12.8. The van der Waals surface area contributed by atoms with Gasteiger partial charge < -0.3 is 18.6 Å². The highest BCUT2D eigenvalue weighted by atomic mass is 28.4. The molecule has 1 amide bonds. The van der Waals surface area contributed by atoms with Crippen LogP contribution in [0.5, 0.6) is 5.75 Å². The summed E-state index contributed by atoms with van der Waals surface area (Å²) in [4.78, 5) is 27.5. The molecule has 1 heterocycles. The molecule has 0 aromatic heterocycles. The van der Waals surface area contributed by atoms with Crippen molar-refractivity contribution in [1.29, 1.82) is 0 Å². The van der Waals surface area contributed by atoms with Gasteiger partial charge >= 0.3 is 12.1 Å². The number of hydrogen-bond donors (Lipinski definition) is 0. The van der Waals surface area contributed by atoms with Crippen LogP contribution in [-0.4, -0.2) is 62.8 Å². The van der Waals surface area contributed by atoms with Crippen molar-refractivity contribution in [2.45, 2.75) is 103 Å². The maximum absolute atomic E-state index is 13.8. The van der Waals surface area contributed by atoms with Crippen LogP contribution in [0.1, 0.15) is 70.3 Å². The first-order valence-electron chi connectivity index (χ1n) is 14.2. The Kier molecular flexibility index (Phi) is 10.1. The lowest BCUT2D eigenvalue weighted by Gasteiger charge is -2.43. The van der Waals surface area contributed by atoms with Gasteiger partial charge in [0.05, 0.1) is 24.8 Å². The molecule has 0 saturated carbocycles. The summed E-state index contributed by atoms with van der Waals surface area (Å²) < 4.78 is 24.0. The van der Waals surface area contributed by atoms with Crippen molar-refractivity contribution < 1.29 is 28.2 Å². The van der Waals surface area contributed by atoms with Crippen molar-refractivity contribution in [1.82, 2.24) is 4.90 Å². The zero-order valence-corrected chi connectivity index (χ0v) is 26.7. The zero-order valence-electron chi connectivity index (χ0n) is 25.7. The highest BCUT2D eigenvalue weighted by Gasteiger charge is 2.47. The number of carbonyl (C=O) groups is 2. The van der Waals surface area contributed by atoms with Gasteiger partial charge in [-0.1, -0.05) is 51.1 Å². The number of hydrogen-bond acceptors (Lipinski definition) is 6. The molecule has 0 radical (unpaired) electrons. The van der Waals surface area contributed by atoms with E-state index < -0.39 is 13.9 Å². The first kappa shape index (κ1) is 31.7. The monoisotopic (exact) mass is 569 g/mol. The van der Waals surface area contributed by atoms with Gasteiger partial charge in [0, 0.05) is 6.04 Å². The first-order chi connectivity index (χ1) is 18.6. The number of esters is 1. The third-order valence-corrected chi connectivity index (χ3v) is 12.3. The van der Waals surface area contributed by atoms with Crippen LogP contribution in [0.15, 0.2) is 54.6 Å². The Morgan fingerprint density at radius 2 is 1.57 bits per heavy atom. The lowest BCUT2D eigenvalue weighted by Crippen LogP contribution is -2.55. The Hall–Kier alpha value is -2.84.